The molecule has 0 saturated carbocycles. The Bertz CT molecular complexity index is 305. The number of hydrogen-bond acceptors (Lipinski definition) is 1. The van der Waals surface area contributed by atoms with Crippen LogP contribution in [0.2, 0.25) is 5.02 Å². The van der Waals surface area contributed by atoms with E-state index < -0.39 is 0 Å². The number of hydrogen-bond donors (Lipinski definition) is 1. The molecule has 1 unspecified atom stereocenters. The highest BCUT2D eigenvalue weighted by atomic mass is 35.5. The Morgan fingerprint density at radius 3 is 2.29 bits per heavy atom. The van der Waals surface area contributed by atoms with E-state index in [0.29, 0.717) is 5.92 Å². The van der Waals surface area contributed by atoms with E-state index in [2.05, 4.69) is 13.8 Å². The lowest BCUT2D eigenvalue weighted by Gasteiger charge is -2.15. The monoisotopic (exact) mass is 254 g/mol. The van der Waals surface area contributed by atoms with Gasteiger partial charge < -0.3 is 5.11 Å². The highest BCUT2D eigenvalue weighted by Gasteiger charge is 2.09. The smallest absolute Gasteiger partial charge is 0.0462 e. The summed E-state index contributed by atoms with van der Waals surface area (Å²) in [6, 6.07) is 7.93. The van der Waals surface area contributed by atoms with Gasteiger partial charge in [-0.2, -0.15) is 0 Å². The summed E-state index contributed by atoms with van der Waals surface area (Å²) >= 11 is 5.85. The van der Waals surface area contributed by atoms with Gasteiger partial charge in [-0.1, -0.05) is 50.4 Å². The first-order valence-electron chi connectivity index (χ1n) is 6.47. The zero-order chi connectivity index (χ0) is 12.7. The van der Waals surface area contributed by atoms with Crippen molar-refractivity contribution in [1.29, 1.82) is 0 Å². The Labute approximate surface area is 110 Å². The van der Waals surface area contributed by atoms with Crippen LogP contribution >= 0.6 is 11.6 Å². The lowest BCUT2D eigenvalue weighted by molar-refractivity contribution is 0.213. The molecule has 1 rings (SSSR count). The molecule has 0 aliphatic heterocycles. The molecular formula is C15H23ClO. The predicted molar refractivity (Wildman–Crippen MR) is 74.4 cm³/mol. The van der Waals surface area contributed by atoms with Crippen molar-refractivity contribution in [2.45, 2.75) is 39.5 Å². The van der Waals surface area contributed by atoms with E-state index in [1.807, 2.05) is 24.3 Å². The molecule has 0 heterocycles. The van der Waals surface area contributed by atoms with Crippen LogP contribution in [0.25, 0.3) is 0 Å². The third-order valence-electron chi connectivity index (χ3n) is 3.09. The molecule has 0 saturated heterocycles. The summed E-state index contributed by atoms with van der Waals surface area (Å²) in [7, 11) is 0. The van der Waals surface area contributed by atoms with E-state index in [9.17, 15) is 5.11 Å². The molecule has 2 heteroatoms. The normalized spacial score (nSPS) is 13.0. The van der Waals surface area contributed by atoms with Crippen molar-refractivity contribution in [1.82, 2.24) is 0 Å². The second-order valence-electron chi connectivity index (χ2n) is 5.20. The average molecular weight is 255 g/mol. The van der Waals surface area contributed by atoms with E-state index in [-0.39, 0.29) is 6.61 Å². The second kappa shape index (κ2) is 7.73. The fraction of sp³-hybridized carbons (Fsp3) is 0.600. The van der Waals surface area contributed by atoms with E-state index >= 15 is 0 Å². The van der Waals surface area contributed by atoms with E-state index in [4.69, 9.17) is 11.6 Å². The fourth-order valence-corrected chi connectivity index (χ4v) is 2.15. The fourth-order valence-electron chi connectivity index (χ4n) is 2.03. The van der Waals surface area contributed by atoms with Gasteiger partial charge in [-0.05, 0) is 42.4 Å². The maximum atomic E-state index is 9.38. The van der Waals surface area contributed by atoms with Crippen molar-refractivity contribution in [3.63, 3.8) is 0 Å². The number of aliphatic hydroxyl groups excluding tert-OH is 1. The largest absolute Gasteiger partial charge is 0.396 e. The van der Waals surface area contributed by atoms with Gasteiger partial charge in [0.25, 0.3) is 0 Å². The van der Waals surface area contributed by atoms with Crippen LogP contribution < -0.4 is 0 Å². The Hall–Kier alpha value is -0.530. The van der Waals surface area contributed by atoms with Crippen LogP contribution in [0.4, 0.5) is 0 Å². The van der Waals surface area contributed by atoms with Gasteiger partial charge in [-0.25, -0.2) is 0 Å². The third-order valence-corrected chi connectivity index (χ3v) is 3.34. The molecule has 96 valence electrons. The van der Waals surface area contributed by atoms with E-state index in [1.54, 1.807) is 0 Å². The molecule has 0 spiro atoms. The number of aliphatic hydroxyl groups is 1. The van der Waals surface area contributed by atoms with Crippen LogP contribution in [0.15, 0.2) is 24.3 Å². The maximum Gasteiger partial charge on any atom is 0.0462 e. The van der Waals surface area contributed by atoms with Gasteiger partial charge in [0.15, 0.2) is 0 Å². The third kappa shape index (κ3) is 6.09. The summed E-state index contributed by atoms with van der Waals surface area (Å²) in [4.78, 5) is 0. The average Bonchev–Trinajstić information content (AvgIpc) is 2.30. The summed E-state index contributed by atoms with van der Waals surface area (Å²) in [6.45, 7) is 4.76. The lowest BCUT2D eigenvalue weighted by Crippen LogP contribution is -2.10. The first-order chi connectivity index (χ1) is 8.11. The van der Waals surface area contributed by atoms with Crippen LogP contribution in [-0.4, -0.2) is 11.7 Å². The van der Waals surface area contributed by atoms with Gasteiger partial charge in [-0.3, -0.25) is 0 Å². The zero-order valence-corrected chi connectivity index (χ0v) is 11.6. The topological polar surface area (TPSA) is 20.2 Å². The quantitative estimate of drug-likeness (QED) is 0.769. The maximum absolute atomic E-state index is 9.38. The van der Waals surface area contributed by atoms with Crippen LogP contribution in [0.1, 0.15) is 38.7 Å². The molecule has 1 atom stereocenters. The molecule has 17 heavy (non-hydrogen) atoms. The van der Waals surface area contributed by atoms with Gasteiger partial charge in [-0.15, -0.1) is 0 Å². The van der Waals surface area contributed by atoms with E-state index in [0.717, 1.165) is 23.8 Å². The van der Waals surface area contributed by atoms with Crippen molar-refractivity contribution in [3.05, 3.63) is 34.9 Å². The molecule has 0 bridgehead atoms. The molecule has 0 fully saturated rings. The highest BCUT2D eigenvalue weighted by Crippen LogP contribution is 2.18. The van der Waals surface area contributed by atoms with Crippen molar-refractivity contribution in [2.24, 2.45) is 11.8 Å². The first kappa shape index (κ1) is 14.5. The Balaban J connectivity index is 2.38. The minimum atomic E-state index is 0.278. The Morgan fingerprint density at radius 2 is 1.76 bits per heavy atom. The molecule has 1 aromatic rings. The van der Waals surface area contributed by atoms with Gasteiger partial charge in [0.1, 0.15) is 0 Å². The highest BCUT2D eigenvalue weighted by molar-refractivity contribution is 6.30. The molecule has 1 nitrogen and oxygen atoms in total. The van der Waals surface area contributed by atoms with Crippen molar-refractivity contribution in [2.75, 3.05) is 6.61 Å². The summed E-state index contributed by atoms with van der Waals surface area (Å²) in [5.41, 5.74) is 1.26. The second-order valence-corrected chi connectivity index (χ2v) is 5.64. The summed E-state index contributed by atoms with van der Waals surface area (Å²) in [6.07, 6.45) is 4.51. The number of benzene rings is 1. The standard InChI is InChI=1S/C15H23ClO/c1-12(2)4-3-5-14(11-17)10-13-6-8-15(16)9-7-13/h6-9,12,14,17H,3-5,10-11H2,1-2H3. The Morgan fingerprint density at radius 1 is 1.12 bits per heavy atom. The van der Waals surface area contributed by atoms with Crippen LogP contribution in [0.3, 0.4) is 0 Å². The number of rotatable bonds is 7. The first-order valence-corrected chi connectivity index (χ1v) is 6.85. The predicted octanol–water partition coefficient (Wildman–Crippen LogP) is 4.32. The van der Waals surface area contributed by atoms with Gasteiger partial charge in [0.05, 0.1) is 0 Å². The molecule has 0 aliphatic rings. The van der Waals surface area contributed by atoms with Gasteiger partial charge in [0, 0.05) is 11.6 Å². The van der Waals surface area contributed by atoms with Crippen molar-refractivity contribution < 1.29 is 5.11 Å². The molecule has 1 aromatic carbocycles. The Kier molecular flexibility index (Phi) is 6.61. The summed E-state index contributed by atoms with van der Waals surface area (Å²) in [5, 5.41) is 10.2. The van der Waals surface area contributed by atoms with Gasteiger partial charge >= 0.3 is 0 Å². The summed E-state index contributed by atoms with van der Waals surface area (Å²) in [5.74, 6) is 1.14. The molecule has 0 aliphatic carbocycles. The van der Waals surface area contributed by atoms with Crippen molar-refractivity contribution in [3.8, 4) is 0 Å². The van der Waals surface area contributed by atoms with E-state index in [1.165, 1.54) is 18.4 Å². The van der Waals surface area contributed by atoms with Crippen LogP contribution in [0.5, 0.6) is 0 Å². The van der Waals surface area contributed by atoms with Crippen LogP contribution in [-0.2, 0) is 6.42 Å². The molecule has 0 radical (unpaired) electrons. The molecule has 0 amide bonds. The van der Waals surface area contributed by atoms with Crippen LogP contribution in [0, 0.1) is 11.8 Å². The SMILES string of the molecule is CC(C)CCCC(CO)Cc1ccc(Cl)cc1. The minimum absolute atomic E-state index is 0.278. The summed E-state index contributed by atoms with van der Waals surface area (Å²) < 4.78 is 0. The molecular weight excluding hydrogens is 232 g/mol. The lowest BCUT2D eigenvalue weighted by atomic mass is 9.93. The zero-order valence-electron chi connectivity index (χ0n) is 10.8. The van der Waals surface area contributed by atoms with Crippen molar-refractivity contribution >= 4 is 11.6 Å². The number of halogens is 1. The minimum Gasteiger partial charge on any atom is -0.396 e. The molecule has 1 N–H and O–H groups in total. The molecule has 0 aromatic heterocycles. The van der Waals surface area contributed by atoms with Gasteiger partial charge in [0.2, 0.25) is 0 Å².